The molecule has 0 saturated carbocycles. The van der Waals surface area contributed by atoms with Crippen molar-refractivity contribution in [3.8, 4) is 5.75 Å². The Morgan fingerprint density at radius 2 is 1.96 bits per heavy atom. The van der Waals surface area contributed by atoms with E-state index in [0.717, 1.165) is 31.7 Å². The number of ether oxygens (including phenoxy) is 1. The Balaban J connectivity index is 1.45. The molecule has 138 valence electrons. The fraction of sp³-hybridized carbons (Fsp3) is 0.238. The molecule has 27 heavy (non-hydrogen) atoms. The number of hydrogen-bond donors (Lipinski definition) is 1. The van der Waals surface area contributed by atoms with Crippen LogP contribution in [-0.4, -0.2) is 29.4 Å². The second-order valence-electron chi connectivity index (χ2n) is 6.49. The second kappa shape index (κ2) is 7.90. The van der Waals surface area contributed by atoms with Gasteiger partial charge in [-0.1, -0.05) is 42.5 Å². The normalized spacial score (nSPS) is 13.8. The molecular weight excluding hydrogens is 358 g/mol. The number of amides is 1. The first-order valence-electron chi connectivity index (χ1n) is 8.92. The van der Waals surface area contributed by atoms with Crippen molar-refractivity contribution in [2.45, 2.75) is 19.5 Å². The second-order valence-corrected chi connectivity index (χ2v) is 7.57. The summed E-state index contributed by atoms with van der Waals surface area (Å²) in [5.41, 5.74) is 2.92. The SMILES string of the molecule is COc1ccccc1C(=O)Nc1nc2c(s1)CN(Cc1ccccc1)CC2. The Kier molecular flexibility index (Phi) is 5.18. The summed E-state index contributed by atoms with van der Waals surface area (Å²) in [6.07, 6.45) is 0.906. The van der Waals surface area contributed by atoms with Crippen molar-refractivity contribution in [2.24, 2.45) is 0 Å². The van der Waals surface area contributed by atoms with Crippen LogP contribution in [-0.2, 0) is 19.5 Å². The maximum atomic E-state index is 12.6. The average molecular weight is 379 g/mol. The van der Waals surface area contributed by atoms with E-state index in [2.05, 4.69) is 39.5 Å². The molecule has 5 nitrogen and oxygen atoms in total. The molecule has 0 aliphatic carbocycles. The first-order chi connectivity index (χ1) is 13.2. The van der Waals surface area contributed by atoms with E-state index in [1.165, 1.54) is 10.4 Å². The van der Waals surface area contributed by atoms with E-state index in [1.807, 2.05) is 18.2 Å². The number of fused-ring (bicyclic) bond motifs is 1. The number of para-hydroxylation sites is 1. The van der Waals surface area contributed by atoms with Crippen LogP contribution < -0.4 is 10.1 Å². The number of benzene rings is 2. The van der Waals surface area contributed by atoms with Crippen LogP contribution in [0.3, 0.4) is 0 Å². The number of carbonyl (C=O) groups is 1. The molecule has 0 radical (unpaired) electrons. The summed E-state index contributed by atoms with van der Waals surface area (Å²) < 4.78 is 5.27. The number of hydrogen-bond acceptors (Lipinski definition) is 5. The third-order valence-electron chi connectivity index (χ3n) is 4.63. The number of carbonyl (C=O) groups excluding carboxylic acids is 1. The molecule has 1 amide bonds. The lowest BCUT2D eigenvalue weighted by Gasteiger charge is -2.25. The molecule has 1 aromatic heterocycles. The summed E-state index contributed by atoms with van der Waals surface area (Å²) in [5.74, 6) is 0.366. The van der Waals surface area contributed by atoms with Crippen molar-refractivity contribution in [2.75, 3.05) is 19.0 Å². The number of methoxy groups -OCH3 is 1. The van der Waals surface area contributed by atoms with Crippen molar-refractivity contribution < 1.29 is 9.53 Å². The summed E-state index contributed by atoms with van der Waals surface area (Å²) in [6.45, 7) is 2.78. The number of thiazole rings is 1. The lowest BCUT2D eigenvalue weighted by molar-refractivity contribution is 0.102. The highest BCUT2D eigenvalue weighted by molar-refractivity contribution is 7.15. The summed E-state index contributed by atoms with van der Waals surface area (Å²) >= 11 is 1.56. The molecule has 4 rings (SSSR count). The zero-order valence-corrected chi connectivity index (χ0v) is 16.0. The van der Waals surface area contributed by atoms with Crippen LogP contribution in [0.4, 0.5) is 5.13 Å². The van der Waals surface area contributed by atoms with E-state index in [-0.39, 0.29) is 5.91 Å². The van der Waals surface area contributed by atoms with Crippen molar-refractivity contribution >= 4 is 22.4 Å². The number of nitrogens with zero attached hydrogens (tertiary/aromatic N) is 2. The molecule has 6 heteroatoms. The molecule has 0 spiro atoms. The smallest absolute Gasteiger partial charge is 0.261 e. The van der Waals surface area contributed by atoms with Crippen LogP contribution in [0.25, 0.3) is 0 Å². The Hall–Kier alpha value is -2.70. The molecule has 1 aliphatic rings. The number of rotatable bonds is 5. The number of aromatic nitrogens is 1. The third kappa shape index (κ3) is 4.02. The van der Waals surface area contributed by atoms with Crippen LogP contribution >= 0.6 is 11.3 Å². The molecular formula is C21H21N3O2S. The van der Waals surface area contributed by atoms with Crippen LogP contribution in [0.5, 0.6) is 5.75 Å². The van der Waals surface area contributed by atoms with Gasteiger partial charge in [0, 0.05) is 30.9 Å². The van der Waals surface area contributed by atoms with Crippen LogP contribution in [0.15, 0.2) is 54.6 Å². The first kappa shape index (κ1) is 17.7. The van der Waals surface area contributed by atoms with Gasteiger partial charge in [-0.25, -0.2) is 4.98 Å². The summed E-state index contributed by atoms with van der Waals surface area (Å²) in [7, 11) is 1.57. The molecule has 3 aromatic rings. The molecule has 0 atom stereocenters. The molecule has 0 bridgehead atoms. The Morgan fingerprint density at radius 3 is 2.78 bits per heavy atom. The molecule has 0 saturated heterocycles. The molecule has 0 unspecified atom stereocenters. The maximum Gasteiger partial charge on any atom is 0.261 e. The van der Waals surface area contributed by atoms with Gasteiger partial charge in [-0.05, 0) is 17.7 Å². The minimum Gasteiger partial charge on any atom is -0.496 e. The third-order valence-corrected chi connectivity index (χ3v) is 5.63. The van der Waals surface area contributed by atoms with Gasteiger partial charge in [0.2, 0.25) is 0 Å². The van der Waals surface area contributed by atoms with E-state index in [9.17, 15) is 4.79 Å². The van der Waals surface area contributed by atoms with Crippen molar-refractivity contribution in [3.63, 3.8) is 0 Å². The fourth-order valence-corrected chi connectivity index (χ4v) is 4.32. The maximum absolute atomic E-state index is 12.6. The van der Waals surface area contributed by atoms with Gasteiger partial charge in [0.15, 0.2) is 5.13 Å². The lowest BCUT2D eigenvalue weighted by atomic mass is 10.1. The average Bonchev–Trinajstić information content (AvgIpc) is 3.10. The monoisotopic (exact) mass is 379 g/mol. The zero-order chi connectivity index (χ0) is 18.6. The van der Waals surface area contributed by atoms with E-state index in [1.54, 1.807) is 30.6 Å². The fourth-order valence-electron chi connectivity index (χ4n) is 3.28. The predicted molar refractivity (Wildman–Crippen MR) is 107 cm³/mol. The highest BCUT2D eigenvalue weighted by atomic mass is 32.1. The number of anilines is 1. The van der Waals surface area contributed by atoms with Gasteiger partial charge in [0.1, 0.15) is 5.75 Å². The summed E-state index contributed by atoms with van der Waals surface area (Å²) in [4.78, 5) is 20.9. The minimum absolute atomic E-state index is 0.195. The molecule has 0 fully saturated rings. The van der Waals surface area contributed by atoms with E-state index in [0.29, 0.717) is 16.4 Å². The molecule has 1 aliphatic heterocycles. The van der Waals surface area contributed by atoms with Crippen LogP contribution in [0, 0.1) is 0 Å². The van der Waals surface area contributed by atoms with E-state index >= 15 is 0 Å². The van der Waals surface area contributed by atoms with Gasteiger partial charge in [-0.2, -0.15) is 0 Å². The van der Waals surface area contributed by atoms with Gasteiger partial charge in [-0.3, -0.25) is 15.0 Å². The Morgan fingerprint density at radius 1 is 1.19 bits per heavy atom. The van der Waals surface area contributed by atoms with Gasteiger partial charge in [0.25, 0.3) is 5.91 Å². The predicted octanol–water partition coefficient (Wildman–Crippen LogP) is 3.96. The Labute approximate surface area is 162 Å². The Bertz CT molecular complexity index is 940. The lowest BCUT2D eigenvalue weighted by Crippen LogP contribution is -2.29. The van der Waals surface area contributed by atoms with E-state index < -0.39 is 0 Å². The highest BCUT2D eigenvalue weighted by Gasteiger charge is 2.22. The largest absolute Gasteiger partial charge is 0.496 e. The minimum atomic E-state index is -0.195. The summed E-state index contributed by atoms with van der Waals surface area (Å²) in [6, 6.07) is 17.7. The van der Waals surface area contributed by atoms with Gasteiger partial charge >= 0.3 is 0 Å². The topological polar surface area (TPSA) is 54.5 Å². The molecule has 1 N–H and O–H groups in total. The number of nitrogens with one attached hydrogen (secondary N) is 1. The van der Waals surface area contributed by atoms with Crippen LogP contribution in [0.1, 0.15) is 26.5 Å². The zero-order valence-electron chi connectivity index (χ0n) is 15.1. The van der Waals surface area contributed by atoms with Crippen molar-refractivity contribution in [3.05, 3.63) is 76.3 Å². The van der Waals surface area contributed by atoms with Gasteiger partial charge < -0.3 is 4.74 Å². The van der Waals surface area contributed by atoms with Gasteiger partial charge in [0.05, 0.1) is 18.4 Å². The van der Waals surface area contributed by atoms with Crippen molar-refractivity contribution in [1.82, 2.24) is 9.88 Å². The van der Waals surface area contributed by atoms with Crippen molar-refractivity contribution in [1.29, 1.82) is 0 Å². The van der Waals surface area contributed by atoms with Crippen LogP contribution in [0.2, 0.25) is 0 Å². The first-order valence-corrected chi connectivity index (χ1v) is 9.74. The quantitative estimate of drug-likeness (QED) is 0.729. The molecule has 2 heterocycles. The summed E-state index contributed by atoms with van der Waals surface area (Å²) in [5, 5.41) is 3.58. The van der Waals surface area contributed by atoms with Gasteiger partial charge in [-0.15, -0.1) is 11.3 Å². The highest BCUT2D eigenvalue weighted by Crippen LogP contribution is 2.30. The standard InChI is InChI=1S/C21H21N3O2S/c1-26-18-10-6-5-9-16(18)20(25)23-21-22-17-11-12-24(14-19(17)27-21)13-15-7-3-2-4-8-15/h2-10H,11-14H2,1H3,(H,22,23,25). The molecule has 2 aromatic carbocycles. The van der Waals surface area contributed by atoms with E-state index in [4.69, 9.17) is 4.74 Å².